The summed E-state index contributed by atoms with van der Waals surface area (Å²) in [5.41, 5.74) is 1.68. The zero-order valence-corrected chi connectivity index (χ0v) is 15.8. The third-order valence-corrected chi connectivity index (χ3v) is 5.12. The predicted molar refractivity (Wildman–Crippen MR) is 101 cm³/mol. The zero-order valence-electron chi connectivity index (χ0n) is 14.3. The minimum atomic E-state index is -0.543. The number of nitrogens with one attached hydrogen (secondary N) is 2. The number of benzene rings is 2. The first-order chi connectivity index (χ1) is 12.2. The van der Waals surface area contributed by atoms with Gasteiger partial charge in [-0.1, -0.05) is 49.2 Å². The third-order valence-electron chi connectivity index (χ3n) is 4.40. The number of Topliss-reactive ketones (excluding diaryl/α,β-unsaturated/α-hetero) is 1. The monoisotopic (exact) mass is 394 g/mol. The van der Waals surface area contributed by atoms with E-state index in [2.05, 4.69) is 10.6 Å². The van der Waals surface area contributed by atoms with Gasteiger partial charge < -0.3 is 10.6 Å². The molecule has 2 N–H and O–H groups in total. The summed E-state index contributed by atoms with van der Waals surface area (Å²) in [5.74, 6) is -0.351. The van der Waals surface area contributed by atoms with Crippen LogP contribution >= 0.6 is 23.2 Å². The van der Waals surface area contributed by atoms with Crippen LogP contribution in [0.1, 0.15) is 35.3 Å². The molecule has 26 heavy (non-hydrogen) atoms. The Morgan fingerprint density at radius 1 is 1.23 bits per heavy atom. The number of halogens is 3. The third kappa shape index (κ3) is 3.55. The number of ketones is 1. The van der Waals surface area contributed by atoms with Crippen LogP contribution in [0, 0.1) is 11.2 Å². The van der Waals surface area contributed by atoms with E-state index in [0.29, 0.717) is 17.5 Å². The van der Waals surface area contributed by atoms with Gasteiger partial charge in [0.2, 0.25) is 0 Å². The number of urea groups is 1. The zero-order chi connectivity index (χ0) is 19.1. The Kier molecular flexibility index (Phi) is 4.95. The van der Waals surface area contributed by atoms with Gasteiger partial charge in [0.1, 0.15) is 5.82 Å². The van der Waals surface area contributed by atoms with Crippen molar-refractivity contribution in [1.29, 1.82) is 0 Å². The first kappa shape index (κ1) is 18.7. The number of rotatable bonds is 3. The lowest BCUT2D eigenvalue weighted by Crippen LogP contribution is -2.28. The molecular formula is C19H17Cl2FN2O2. The number of amides is 2. The lowest BCUT2D eigenvalue weighted by Gasteiger charge is -2.14. The van der Waals surface area contributed by atoms with Gasteiger partial charge in [-0.15, -0.1) is 0 Å². The Morgan fingerprint density at radius 3 is 2.54 bits per heavy atom. The summed E-state index contributed by atoms with van der Waals surface area (Å²) in [6.45, 7) is 3.92. The van der Waals surface area contributed by atoms with Crippen molar-refractivity contribution in [2.24, 2.45) is 5.41 Å². The highest BCUT2D eigenvalue weighted by atomic mass is 35.5. The Morgan fingerprint density at radius 2 is 1.88 bits per heavy atom. The molecular weight excluding hydrogens is 378 g/mol. The average Bonchev–Trinajstić information content (AvgIpc) is 2.81. The highest BCUT2D eigenvalue weighted by Crippen LogP contribution is 2.45. The van der Waals surface area contributed by atoms with E-state index in [-0.39, 0.29) is 33.9 Å². The van der Waals surface area contributed by atoms with E-state index in [4.69, 9.17) is 23.2 Å². The summed E-state index contributed by atoms with van der Waals surface area (Å²) >= 11 is 12.6. The van der Waals surface area contributed by atoms with Crippen LogP contribution in [0.3, 0.4) is 0 Å². The van der Waals surface area contributed by atoms with Crippen LogP contribution in [-0.2, 0) is 13.0 Å². The molecule has 0 aromatic heterocycles. The van der Waals surface area contributed by atoms with Crippen molar-refractivity contribution < 1.29 is 14.0 Å². The SMILES string of the molecule is CC1(C)Cc2c(cc(Cl)c(NC(=O)NCc3ccc(F)cc3)c2Cl)C1=O. The molecule has 2 aromatic rings. The molecule has 4 nitrogen and oxygen atoms in total. The summed E-state index contributed by atoms with van der Waals surface area (Å²) in [6.07, 6.45) is 0.489. The van der Waals surface area contributed by atoms with Crippen LogP contribution in [0.25, 0.3) is 0 Å². The van der Waals surface area contributed by atoms with Crippen molar-refractivity contribution in [1.82, 2.24) is 5.32 Å². The molecule has 0 bridgehead atoms. The van der Waals surface area contributed by atoms with Gasteiger partial charge in [0.05, 0.1) is 15.7 Å². The normalized spacial score (nSPS) is 14.9. The fourth-order valence-electron chi connectivity index (χ4n) is 2.98. The Balaban J connectivity index is 1.75. The maximum Gasteiger partial charge on any atom is 0.319 e. The molecule has 7 heteroatoms. The van der Waals surface area contributed by atoms with Crippen LogP contribution in [0.2, 0.25) is 10.0 Å². The molecule has 0 aliphatic heterocycles. The van der Waals surface area contributed by atoms with Gasteiger partial charge in [0.25, 0.3) is 0 Å². The number of carbonyl (C=O) groups is 2. The molecule has 0 radical (unpaired) electrons. The number of hydrogen-bond donors (Lipinski definition) is 2. The summed E-state index contributed by atoms with van der Waals surface area (Å²) in [6, 6.07) is 6.86. The maximum atomic E-state index is 12.9. The van der Waals surface area contributed by atoms with E-state index in [1.807, 2.05) is 13.8 Å². The first-order valence-corrected chi connectivity index (χ1v) is 8.79. The molecule has 136 valence electrons. The number of hydrogen-bond acceptors (Lipinski definition) is 2. The van der Waals surface area contributed by atoms with E-state index >= 15 is 0 Å². The van der Waals surface area contributed by atoms with Gasteiger partial charge in [-0.25, -0.2) is 9.18 Å². The second kappa shape index (κ2) is 6.89. The first-order valence-electron chi connectivity index (χ1n) is 8.04. The summed E-state index contributed by atoms with van der Waals surface area (Å²) in [5, 5.41) is 5.78. The van der Waals surface area contributed by atoms with Crippen LogP contribution in [0.4, 0.5) is 14.9 Å². The molecule has 3 rings (SSSR count). The fraction of sp³-hybridized carbons (Fsp3) is 0.263. The molecule has 0 saturated carbocycles. The quantitative estimate of drug-likeness (QED) is 0.749. The number of carbonyl (C=O) groups excluding carboxylic acids is 2. The number of anilines is 1. The van der Waals surface area contributed by atoms with Crippen molar-refractivity contribution in [2.75, 3.05) is 5.32 Å². The average molecular weight is 395 g/mol. The van der Waals surface area contributed by atoms with E-state index in [1.165, 1.54) is 12.1 Å². The topological polar surface area (TPSA) is 58.2 Å². The smallest absolute Gasteiger partial charge is 0.319 e. The van der Waals surface area contributed by atoms with Gasteiger partial charge in [-0.05, 0) is 35.7 Å². The van der Waals surface area contributed by atoms with Crippen molar-refractivity contribution >= 4 is 40.7 Å². The van der Waals surface area contributed by atoms with Crippen LogP contribution in [0.5, 0.6) is 0 Å². The standard InChI is InChI=1S/C19H17Cl2FN2O2/c1-19(2)8-13-12(17(19)25)7-14(20)16(15(13)21)24-18(26)23-9-10-3-5-11(22)6-4-10/h3-7H,8-9H2,1-2H3,(H2,23,24,26). The molecule has 0 heterocycles. The van der Waals surface area contributed by atoms with Crippen molar-refractivity contribution in [2.45, 2.75) is 26.8 Å². The van der Waals surface area contributed by atoms with Crippen molar-refractivity contribution in [3.63, 3.8) is 0 Å². The van der Waals surface area contributed by atoms with Gasteiger partial charge in [-0.3, -0.25) is 4.79 Å². The minimum absolute atomic E-state index is 0.0105. The van der Waals surface area contributed by atoms with E-state index in [0.717, 1.165) is 5.56 Å². The van der Waals surface area contributed by atoms with Gasteiger partial charge in [0.15, 0.2) is 5.78 Å². The van der Waals surface area contributed by atoms with E-state index in [9.17, 15) is 14.0 Å². The predicted octanol–water partition coefficient (Wildman–Crippen LogP) is 5.22. The summed E-state index contributed by atoms with van der Waals surface area (Å²) in [7, 11) is 0. The largest absolute Gasteiger partial charge is 0.334 e. The van der Waals surface area contributed by atoms with Crippen molar-refractivity contribution in [3.05, 3.63) is 62.9 Å². The minimum Gasteiger partial charge on any atom is -0.334 e. The van der Waals surface area contributed by atoms with Gasteiger partial charge in [0, 0.05) is 17.5 Å². The van der Waals surface area contributed by atoms with Crippen LogP contribution in [-0.4, -0.2) is 11.8 Å². The van der Waals surface area contributed by atoms with Crippen LogP contribution < -0.4 is 10.6 Å². The summed E-state index contributed by atoms with van der Waals surface area (Å²) < 4.78 is 12.9. The molecule has 1 aliphatic carbocycles. The highest BCUT2D eigenvalue weighted by molar-refractivity contribution is 6.41. The molecule has 1 aliphatic rings. The maximum absolute atomic E-state index is 12.9. The van der Waals surface area contributed by atoms with Crippen LogP contribution in [0.15, 0.2) is 30.3 Å². The lowest BCUT2D eigenvalue weighted by atomic mass is 9.89. The molecule has 2 amide bonds. The lowest BCUT2D eigenvalue weighted by molar-refractivity contribution is 0.0863. The second-order valence-corrected chi connectivity index (χ2v) is 7.68. The van der Waals surface area contributed by atoms with Gasteiger partial charge >= 0.3 is 6.03 Å². The Labute approximate surface area is 160 Å². The molecule has 0 fully saturated rings. The summed E-state index contributed by atoms with van der Waals surface area (Å²) in [4.78, 5) is 24.6. The Hall–Kier alpha value is -2.11. The van der Waals surface area contributed by atoms with Gasteiger partial charge in [-0.2, -0.15) is 0 Å². The van der Waals surface area contributed by atoms with E-state index in [1.54, 1.807) is 18.2 Å². The molecule has 0 spiro atoms. The second-order valence-electron chi connectivity index (χ2n) is 6.90. The van der Waals surface area contributed by atoms with Crippen molar-refractivity contribution in [3.8, 4) is 0 Å². The molecule has 0 unspecified atom stereocenters. The Bertz CT molecular complexity index is 895. The molecule has 2 aromatic carbocycles. The highest BCUT2D eigenvalue weighted by Gasteiger charge is 2.40. The van der Waals surface area contributed by atoms with E-state index < -0.39 is 11.4 Å². The number of fused-ring (bicyclic) bond motifs is 1. The molecule has 0 saturated heterocycles. The fourth-order valence-corrected chi connectivity index (χ4v) is 3.60. The molecule has 0 atom stereocenters.